The summed E-state index contributed by atoms with van der Waals surface area (Å²) < 4.78 is 1.58. The number of nitrogens with one attached hydrogen (secondary N) is 1. The first-order chi connectivity index (χ1) is 14.4. The highest BCUT2D eigenvalue weighted by Crippen LogP contribution is 2.23. The number of nitrogens with zero attached hydrogens (tertiary/aromatic N) is 5. The first-order valence-corrected chi connectivity index (χ1v) is 10.2. The van der Waals surface area contributed by atoms with E-state index < -0.39 is 0 Å². The Morgan fingerprint density at radius 1 is 1.13 bits per heavy atom. The molecule has 9 heteroatoms. The Labute approximate surface area is 179 Å². The Morgan fingerprint density at radius 3 is 2.60 bits per heavy atom. The third-order valence-corrected chi connectivity index (χ3v) is 5.64. The Bertz CT molecular complexity index is 1100. The van der Waals surface area contributed by atoms with Gasteiger partial charge < -0.3 is 15.1 Å². The summed E-state index contributed by atoms with van der Waals surface area (Å²) in [5, 5.41) is 8.54. The van der Waals surface area contributed by atoms with Crippen LogP contribution in [0.1, 0.15) is 12.5 Å². The molecule has 1 aliphatic rings. The monoisotopic (exact) mass is 426 g/mol. The van der Waals surface area contributed by atoms with Crippen molar-refractivity contribution < 1.29 is 9.59 Å². The quantitative estimate of drug-likeness (QED) is 0.693. The lowest BCUT2D eigenvalue weighted by Crippen LogP contribution is -2.49. The predicted molar refractivity (Wildman–Crippen MR) is 117 cm³/mol. The van der Waals surface area contributed by atoms with Gasteiger partial charge >= 0.3 is 0 Å². The van der Waals surface area contributed by atoms with Gasteiger partial charge in [0.1, 0.15) is 12.4 Å². The number of carbonyl (C=O) groups excluding carboxylic acids is 2. The molecule has 2 amide bonds. The molecule has 0 unspecified atom stereocenters. The molecule has 0 aliphatic carbocycles. The Balaban J connectivity index is 1.41. The molecule has 0 spiro atoms. The molecule has 30 heavy (non-hydrogen) atoms. The average molecular weight is 427 g/mol. The number of hydrogen-bond acceptors (Lipinski definition) is 5. The fourth-order valence-corrected chi connectivity index (χ4v) is 3.70. The molecule has 3 heterocycles. The van der Waals surface area contributed by atoms with E-state index in [1.807, 2.05) is 30.0 Å². The number of amides is 2. The summed E-state index contributed by atoms with van der Waals surface area (Å²) in [5.41, 5.74) is 2.74. The van der Waals surface area contributed by atoms with Crippen molar-refractivity contribution in [3.05, 3.63) is 47.1 Å². The highest BCUT2D eigenvalue weighted by molar-refractivity contribution is 6.31. The molecular formula is C21H23ClN6O2. The molecule has 2 aromatic heterocycles. The normalized spacial score (nSPS) is 14.2. The van der Waals surface area contributed by atoms with Crippen LogP contribution in [0.25, 0.3) is 11.0 Å². The molecule has 1 fully saturated rings. The van der Waals surface area contributed by atoms with Crippen molar-refractivity contribution in [2.45, 2.75) is 20.4 Å². The van der Waals surface area contributed by atoms with Gasteiger partial charge in [0, 0.05) is 49.2 Å². The second-order valence-electron chi connectivity index (χ2n) is 7.39. The van der Waals surface area contributed by atoms with Crippen LogP contribution in [0.15, 0.2) is 36.5 Å². The lowest BCUT2D eigenvalue weighted by atomic mass is 10.2. The number of fused-ring (bicyclic) bond motifs is 1. The number of halogens is 1. The smallest absolute Gasteiger partial charge is 0.244 e. The number of hydrogen-bond donors (Lipinski definition) is 1. The number of aryl methyl sites for hydroxylation is 1. The molecule has 0 saturated carbocycles. The van der Waals surface area contributed by atoms with Gasteiger partial charge in [-0.1, -0.05) is 11.6 Å². The molecule has 8 nitrogen and oxygen atoms in total. The molecule has 0 radical (unpaired) electrons. The van der Waals surface area contributed by atoms with E-state index in [9.17, 15) is 9.59 Å². The van der Waals surface area contributed by atoms with E-state index in [2.05, 4.69) is 26.4 Å². The molecule has 1 aliphatic heterocycles. The predicted octanol–water partition coefficient (Wildman–Crippen LogP) is 2.70. The van der Waals surface area contributed by atoms with Crippen LogP contribution in [-0.2, 0) is 16.1 Å². The topological polar surface area (TPSA) is 83.4 Å². The summed E-state index contributed by atoms with van der Waals surface area (Å²) in [5.74, 6) is 0.243. The molecular weight excluding hydrogens is 404 g/mol. The lowest BCUT2D eigenvalue weighted by molar-refractivity contribution is -0.132. The minimum absolute atomic E-state index is 0.00123. The van der Waals surface area contributed by atoms with E-state index in [0.717, 1.165) is 34.7 Å². The van der Waals surface area contributed by atoms with E-state index >= 15 is 0 Å². The summed E-state index contributed by atoms with van der Waals surface area (Å²) in [6.45, 7) is 6.34. The van der Waals surface area contributed by atoms with E-state index in [1.165, 1.54) is 6.92 Å². The van der Waals surface area contributed by atoms with Crippen molar-refractivity contribution in [1.82, 2.24) is 19.7 Å². The molecule has 3 aromatic rings. The SMILES string of the molecule is CC(=O)Nc1ccc2cnn(CC(=O)N3CCN(c4ccc(Cl)c(C)c4)CC3)c2n1. The van der Waals surface area contributed by atoms with Gasteiger partial charge in [0.2, 0.25) is 11.8 Å². The minimum Gasteiger partial charge on any atom is -0.368 e. The number of pyridine rings is 1. The number of benzene rings is 1. The van der Waals surface area contributed by atoms with Crippen LogP contribution < -0.4 is 10.2 Å². The van der Waals surface area contributed by atoms with Crippen LogP contribution in [0.5, 0.6) is 0 Å². The number of carbonyl (C=O) groups is 2. The van der Waals surface area contributed by atoms with Gasteiger partial charge in [-0.15, -0.1) is 0 Å². The summed E-state index contributed by atoms with van der Waals surface area (Å²) in [6, 6.07) is 9.55. The summed E-state index contributed by atoms with van der Waals surface area (Å²) in [6.07, 6.45) is 1.67. The van der Waals surface area contributed by atoms with E-state index in [1.54, 1.807) is 16.9 Å². The van der Waals surface area contributed by atoms with E-state index in [0.29, 0.717) is 24.6 Å². The van der Waals surface area contributed by atoms with E-state index in [-0.39, 0.29) is 18.4 Å². The van der Waals surface area contributed by atoms with Gasteiger partial charge in [-0.3, -0.25) is 9.59 Å². The van der Waals surface area contributed by atoms with Crippen LogP contribution in [0.4, 0.5) is 11.5 Å². The average Bonchev–Trinajstić information content (AvgIpc) is 3.12. The van der Waals surface area contributed by atoms with E-state index in [4.69, 9.17) is 11.6 Å². The number of rotatable bonds is 4. The maximum Gasteiger partial charge on any atom is 0.244 e. The molecule has 1 aromatic carbocycles. The van der Waals surface area contributed by atoms with Crippen molar-refractivity contribution in [2.75, 3.05) is 36.4 Å². The summed E-state index contributed by atoms with van der Waals surface area (Å²) in [4.78, 5) is 32.7. The largest absolute Gasteiger partial charge is 0.368 e. The van der Waals surface area contributed by atoms with Crippen LogP contribution in [0.3, 0.4) is 0 Å². The maximum atomic E-state index is 12.8. The molecule has 156 valence electrons. The van der Waals surface area contributed by atoms with Gasteiger partial charge in [-0.2, -0.15) is 5.10 Å². The Hall–Kier alpha value is -3.13. The standard InChI is InChI=1S/C21H23ClN6O2/c1-14-11-17(4-5-18(14)22)26-7-9-27(10-8-26)20(30)13-28-21-16(12-23-28)3-6-19(25-21)24-15(2)29/h3-6,11-12H,7-10,13H2,1-2H3,(H,24,25,29). The number of aromatic nitrogens is 3. The van der Waals surface area contributed by atoms with Crippen LogP contribution in [0.2, 0.25) is 5.02 Å². The molecule has 0 bridgehead atoms. The molecule has 1 saturated heterocycles. The first kappa shape index (κ1) is 20.2. The number of piperazine rings is 1. The van der Waals surface area contributed by atoms with Gasteiger partial charge in [0.25, 0.3) is 0 Å². The third kappa shape index (κ3) is 4.23. The molecule has 0 atom stereocenters. The highest BCUT2D eigenvalue weighted by atomic mass is 35.5. The zero-order chi connectivity index (χ0) is 21.3. The second kappa shape index (κ2) is 8.31. The van der Waals surface area contributed by atoms with Gasteiger partial charge in [0.15, 0.2) is 5.65 Å². The lowest BCUT2D eigenvalue weighted by Gasteiger charge is -2.36. The van der Waals surface area contributed by atoms with Crippen molar-refractivity contribution in [3.8, 4) is 0 Å². The van der Waals surface area contributed by atoms with Crippen LogP contribution in [0, 0.1) is 6.92 Å². The van der Waals surface area contributed by atoms with Crippen molar-refractivity contribution in [2.24, 2.45) is 0 Å². The number of anilines is 2. The highest BCUT2D eigenvalue weighted by Gasteiger charge is 2.22. The zero-order valence-electron chi connectivity index (χ0n) is 16.9. The summed E-state index contributed by atoms with van der Waals surface area (Å²) in [7, 11) is 0. The van der Waals surface area contributed by atoms with Gasteiger partial charge in [-0.05, 0) is 42.8 Å². The van der Waals surface area contributed by atoms with Crippen molar-refractivity contribution >= 4 is 46.0 Å². The summed E-state index contributed by atoms with van der Waals surface area (Å²) >= 11 is 6.12. The fraction of sp³-hybridized carbons (Fsp3) is 0.333. The maximum absolute atomic E-state index is 12.8. The fourth-order valence-electron chi connectivity index (χ4n) is 3.59. The third-order valence-electron chi connectivity index (χ3n) is 5.21. The van der Waals surface area contributed by atoms with Crippen molar-refractivity contribution in [1.29, 1.82) is 0 Å². The van der Waals surface area contributed by atoms with Gasteiger partial charge in [0.05, 0.1) is 6.20 Å². The zero-order valence-corrected chi connectivity index (χ0v) is 17.7. The minimum atomic E-state index is -0.197. The van der Waals surface area contributed by atoms with Crippen LogP contribution >= 0.6 is 11.6 Å². The second-order valence-corrected chi connectivity index (χ2v) is 7.80. The Morgan fingerprint density at radius 2 is 1.90 bits per heavy atom. The van der Waals surface area contributed by atoms with Crippen LogP contribution in [-0.4, -0.2) is 57.7 Å². The first-order valence-electron chi connectivity index (χ1n) is 9.80. The van der Waals surface area contributed by atoms with Crippen molar-refractivity contribution in [3.63, 3.8) is 0 Å². The molecule has 4 rings (SSSR count). The molecule has 1 N–H and O–H groups in total. The van der Waals surface area contributed by atoms with Gasteiger partial charge in [-0.25, -0.2) is 9.67 Å². The Kier molecular flexibility index (Phi) is 5.59.